The quantitative estimate of drug-likeness (QED) is 0.584. The highest BCUT2D eigenvalue weighted by atomic mass is 16.5. The second-order valence-electron chi connectivity index (χ2n) is 3.06. The number of methoxy groups -OCH3 is 2. The summed E-state index contributed by atoms with van der Waals surface area (Å²) in [6.07, 6.45) is 0.198. The molecule has 1 N–H and O–H groups in total. The van der Waals surface area contributed by atoms with Crippen LogP contribution in [0.2, 0.25) is 0 Å². The second-order valence-corrected chi connectivity index (χ2v) is 3.06. The van der Waals surface area contributed by atoms with Crippen LogP contribution in [0.5, 0.6) is 0 Å². The maximum Gasteiger partial charge on any atom is 0.0670 e. The summed E-state index contributed by atoms with van der Waals surface area (Å²) in [5, 5.41) is 8.80. The van der Waals surface area contributed by atoms with E-state index in [0.29, 0.717) is 13.2 Å². The van der Waals surface area contributed by atoms with Crippen molar-refractivity contribution < 1.29 is 14.6 Å². The number of nitrogens with zero attached hydrogens (tertiary/aromatic N) is 1. The van der Waals surface area contributed by atoms with Crippen molar-refractivity contribution in [1.29, 1.82) is 0 Å². The van der Waals surface area contributed by atoms with Crippen LogP contribution in [0.1, 0.15) is 6.92 Å². The van der Waals surface area contributed by atoms with Crippen molar-refractivity contribution in [3.8, 4) is 0 Å². The average Bonchev–Trinajstić information content (AvgIpc) is 2.14. The van der Waals surface area contributed by atoms with E-state index >= 15 is 0 Å². The maximum absolute atomic E-state index is 8.80. The lowest BCUT2D eigenvalue weighted by atomic mass is 10.3. The van der Waals surface area contributed by atoms with Crippen molar-refractivity contribution in [3.63, 3.8) is 0 Å². The molecule has 1 atom stereocenters. The summed E-state index contributed by atoms with van der Waals surface area (Å²) in [6, 6.07) is 0. The molecule has 0 aromatic carbocycles. The monoisotopic (exact) mass is 191 g/mol. The molecule has 0 amide bonds. The molecule has 0 aliphatic carbocycles. The summed E-state index contributed by atoms with van der Waals surface area (Å²) >= 11 is 0. The molecule has 0 aliphatic heterocycles. The topological polar surface area (TPSA) is 41.9 Å². The Labute approximate surface area is 80.4 Å². The molecule has 0 saturated carbocycles. The first-order valence-electron chi connectivity index (χ1n) is 4.59. The van der Waals surface area contributed by atoms with Gasteiger partial charge in [0.2, 0.25) is 0 Å². The minimum Gasteiger partial charge on any atom is -0.395 e. The summed E-state index contributed by atoms with van der Waals surface area (Å²) in [6.45, 7) is 5.23. The van der Waals surface area contributed by atoms with E-state index in [9.17, 15) is 0 Å². The second kappa shape index (κ2) is 8.44. The molecular formula is C9H21NO3. The fraction of sp³-hybridized carbons (Fsp3) is 1.00. The Morgan fingerprint density at radius 2 is 2.00 bits per heavy atom. The molecule has 13 heavy (non-hydrogen) atoms. The summed E-state index contributed by atoms with van der Waals surface area (Å²) < 4.78 is 10.1. The van der Waals surface area contributed by atoms with Crippen molar-refractivity contribution in [2.24, 2.45) is 0 Å². The van der Waals surface area contributed by atoms with Crippen LogP contribution in [-0.2, 0) is 9.47 Å². The third-order valence-corrected chi connectivity index (χ3v) is 1.95. The van der Waals surface area contributed by atoms with E-state index in [-0.39, 0.29) is 12.7 Å². The van der Waals surface area contributed by atoms with Crippen molar-refractivity contribution >= 4 is 0 Å². The lowest BCUT2D eigenvalue weighted by Gasteiger charge is -2.23. The van der Waals surface area contributed by atoms with E-state index in [0.717, 1.165) is 13.1 Å². The van der Waals surface area contributed by atoms with Gasteiger partial charge in [-0.25, -0.2) is 0 Å². The summed E-state index contributed by atoms with van der Waals surface area (Å²) in [7, 11) is 3.37. The molecule has 0 aromatic rings. The van der Waals surface area contributed by atoms with Crippen molar-refractivity contribution in [3.05, 3.63) is 0 Å². The third kappa shape index (κ3) is 6.95. The molecule has 0 aromatic heterocycles. The van der Waals surface area contributed by atoms with Crippen LogP contribution in [0.4, 0.5) is 0 Å². The predicted octanol–water partition coefficient (Wildman–Crippen LogP) is -0.0380. The van der Waals surface area contributed by atoms with E-state index in [2.05, 4.69) is 4.90 Å². The van der Waals surface area contributed by atoms with Gasteiger partial charge in [-0.3, -0.25) is 4.90 Å². The van der Waals surface area contributed by atoms with Gasteiger partial charge in [-0.2, -0.15) is 0 Å². The van der Waals surface area contributed by atoms with Crippen LogP contribution in [-0.4, -0.2) is 63.2 Å². The number of hydrogen-bond donors (Lipinski definition) is 1. The van der Waals surface area contributed by atoms with Crippen LogP contribution >= 0.6 is 0 Å². The Bertz CT molecular complexity index is 111. The van der Waals surface area contributed by atoms with Crippen LogP contribution < -0.4 is 0 Å². The zero-order valence-corrected chi connectivity index (χ0v) is 8.82. The number of hydrogen-bond acceptors (Lipinski definition) is 4. The standard InChI is InChI=1S/C9H21NO3/c1-9(13-3)8-10(4-6-11)5-7-12-2/h9,11H,4-8H2,1-3H3. The Balaban J connectivity index is 3.65. The van der Waals surface area contributed by atoms with Crippen LogP contribution in [0.15, 0.2) is 0 Å². The molecule has 4 heteroatoms. The molecule has 0 bridgehead atoms. The zero-order chi connectivity index (χ0) is 10.1. The lowest BCUT2D eigenvalue weighted by Crippen LogP contribution is -2.36. The summed E-state index contributed by atoms with van der Waals surface area (Å²) in [5.74, 6) is 0. The number of aliphatic hydroxyl groups excluding tert-OH is 1. The van der Waals surface area contributed by atoms with Crippen molar-refractivity contribution in [1.82, 2.24) is 4.90 Å². The first-order chi connectivity index (χ1) is 6.24. The summed E-state index contributed by atoms with van der Waals surface area (Å²) in [5.41, 5.74) is 0. The van der Waals surface area contributed by atoms with Gasteiger partial charge in [-0.05, 0) is 6.92 Å². The average molecular weight is 191 g/mol. The molecule has 0 radical (unpaired) electrons. The van der Waals surface area contributed by atoms with Gasteiger partial charge in [0, 0.05) is 33.9 Å². The number of ether oxygens (including phenoxy) is 2. The van der Waals surface area contributed by atoms with E-state index < -0.39 is 0 Å². The van der Waals surface area contributed by atoms with Crippen LogP contribution in [0.25, 0.3) is 0 Å². The van der Waals surface area contributed by atoms with Gasteiger partial charge in [0.05, 0.1) is 19.3 Å². The third-order valence-electron chi connectivity index (χ3n) is 1.95. The SMILES string of the molecule is COCCN(CCO)CC(C)OC. The Morgan fingerprint density at radius 1 is 1.31 bits per heavy atom. The molecule has 0 aliphatic rings. The molecule has 1 unspecified atom stereocenters. The van der Waals surface area contributed by atoms with Gasteiger partial charge in [0.1, 0.15) is 0 Å². The van der Waals surface area contributed by atoms with Gasteiger partial charge in [0.15, 0.2) is 0 Å². The molecule has 0 saturated heterocycles. The molecule has 80 valence electrons. The first kappa shape index (κ1) is 12.8. The maximum atomic E-state index is 8.80. The zero-order valence-electron chi connectivity index (χ0n) is 8.82. The molecule has 4 nitrogen and oxygen atoms in total. The van der Waals surface area contributed by atoms with Gasteiger partial charge < -0.3 is 14.6 Å². The van der Waals surface area contributed by atoms with E-state index in [1.54, 1.807) is 14.2 Å². The lowest BCUT2D eigenvalue weighted by molar-refractivity contribution is 0.0571. The Hall–Kier alpha value is -0.160. The van der Waals surface area contributed by atoms with Crippen LogP contribution in [0, 0.1) is 0 Å². The number of aliphatic hydroxyl groups is 1. The molecular weight excluding hydrogens is 170 g/mol. The smallest absolute Gasteiger partial charge is 0.0670 e. The van der Waals surface area contributed by atoms with E-state index in [1.165, 1.54) is 0 Å². The molecule has 0 spiro atoms. The predicted molar refractivity (Wildman–Crippen MR) is 51.9 cm³/mol. The first-order valence-corrected chi connectivity index (χ1v) is 4.59. The van der Waals surface area contributed by atoms with Gasteiger partial charge >= 0.3 is 0 Å². The van der Waals surface area contributed by atoms with E-state index in [4.69, 9.17) is 14.6 Å². The fourth-order valence-electron chi connectivity index (χ4n) is 1.09. The van der Waals surface area contributed by atoms with Gasteiger partial charge in [-0.15, -0.1) is 0 Å². The molecule has 0 heterocycles. The van der Waals surface area contributed by atoms with Gasteiger partial charge in [-0.1, -0.05) is 0 Å². The van der Waals surface area contributed by atoms with E-state index in [1.807, 2.05) is 6.92 Å². The highest BCUT2D eigenvalue weighted by molar-refractivity contribution is 4.61. The highest BCUT2D eigenvalue weighted by Gasteiger charge is 2.08. The Morgan fingerprint density at radius 3 is 2.46 bits per heavy atom. The van der Waals surface area contributed by atoms with Crippen LogP contribution in [0.3, 0.4) is 0 Å². The van der Waals surface area contributed by atoms with Crippen molar-refractivity contribution in [2.75, 3.05) is 47.1 Å². The summed E-state index contributed by atoms with van der Waals surface area (Å²) in [4.78, 5) is 2.12. The fourth-order valence-corrected chi connectivity index (χ4v) is 1.09. The Kier molecular flexibility index (Phi) is 8.33. The molecule has 0 rings (SSSR count). The molecule has 0 fully saturated rings. The largest absolute Gasteiger partial charge is 0.395 e. The minimum atomic E-state index is 0.181. The highest BCUT2D eigenvalue weighted by Crippen LogP contribution is 1.95. The van der Waals surface area contributed by atoms with Gasteiger partial charge in [0.25, 0.3) is 0 Å². The number of rotatable bonds is 8. The minimum absolute atomic E-state index is 0.181. The normalized spacial score (nSPS) is 13.6. The van der Waals surface area contributed by atoms with Crippen molar-refractivity contribution in [2.45, 2.75) is 13.0 Å².